The van der Waals surface area contributed by atoms with E-state index in [1.165, 1.54) is 4.31 Å². The topological polar surface area (TPSA) is 69.7 Å². The monoisotopic (exact) mass is 365 g/mol. The summed E-state index contributed by atoms with van der Waals surface area (Å²) in [5.41, 5.74) is 1.03. The Balaban J connectivity index is 1.71. The molecule has 1 atom stereocenters. The highest BCUT2D eigenvalue weighted by molar-refractivity contribution is 7.89. The summed E-state index contributed by atoms with van der Waals surface area (Å²) in [6, 6.07) is 6.92. The molecule has 1 aromatic rings. The lowest BCUT2D eigenvalue weighted by Crippen LogP contribution is -2.47. The van der Waals surface area contributed by atoms with E-state index in [2.05, 4.69) is 5.32 Å². The van der Waals surface area contributed by atoms with E-state index in [9.17, 15) is 13.2 Å². The van der Waals surface area contributed by atoms with Crippen molar-refractivity contribution in [1.82, 2.24) is 14.5 Å². The molecule has 2 aliphatic heterocycles. The number of benzene rings is 1. The van der Waals surface area contributed by atoms with E-state index in [1.807, 2.05) is 24.0 Å². The van der Waals surface area contributed by atoms with Crippen LogP contribution in [0.2, 0.25) is 0 Å². The van der Waals surface area contributed by atoms with Gasteiger partial charge in [-0.2, -0.15) is 4.31 Å². The third kappa shape index (κ3) is 4.22. The summed E-state index contributed by atoms with van der Waals surface area (Å²) in [6.07, 6.45) is 2.44. The van der Waals surface area contributed by atoms with E-state index in [0.29, 0.717) is 24.5 Å². The molecule has 25 heavy (non-hydrogen) atoms. The number of nitrogens with one attached hydrogen (secondary N) is 1. The van der Waals surface area contributed by atoms with Crippen LogP contribution in [-0.4, -0.2) is 62.8 Å². The number of amides is 1. The first-order chi connectivity index (χ1) is 12.0. The number of piperidine rings is 1. The van der Waals surface area contributed by atoms with Gasteiger partial charge in [0.05, 0.1) is 10.8 Å². The Hall–Kier alpha value is -1.44. The van der Waals surface area contributed by atoms with E-state index in [-0.39, 0.29) is 11.8 Å². The minimum absolute atomic E-state index is 0.104. The largest absolute Gasteiger partial charge is 0.341 e. The third-order valence-electron chi connectivity index (χ3n) is 5.04. The molecule has 2 heterocycles. The molecule has 0 aliphatic carbocycles. The zero-order valence-corrected chi connectivity index (χ0v) is 15.6. The van der Waals surface area contributed by atoms with Crippen molar-refractivity contribution < 1.29 is 13.2 Å². The van der Waals surface area contributed by atoms with Crippen LogP contribution in [-0.2, 0) is 14.8 Å². The number of carbonyl (C=O) groups excluding carboxylic acids is 1. The molecule has 1 unspecified atom stereocenters. The summed E-state index contributed by atoms with van der Waals surface area (Å²) in [5, 5.41) is 3.29. The van der Waals surface area contributed by atoms with Gasteiger partial charge in [-0.15, -0.1) is 0 Å². The van der Waals surface area contributed by atoms with Crippen LogP contribution in [0.15, 0.2) is 29.2 Å². The van der Waals surface area contributed by atoms with E-state index in [4.69, 9.17) is 0 Å². The second-order valence-electron chi connectivity index (χ2n) is 6.94. The zero-order valence-electron chi connectivity index (χ0n) is 14.8. The molecule has 2 saturated heterocycles. The van der Waals surface area contributed by atoms with Crippen molar-refractivity contribution in [3.63, 3.8) is 0 Å². The molecular formula is C18H27N3O3S. The fraction of sp³-hybridized carbons (Fsp3) is 0.611. The highest BCUT2D eigenvalue weighted by Gasteiger charge is 2.35. The summed E-state index contributed by atoms with van der Waals surface area (Å²) in [5.74, 6) is -0.125. The Morgan fingerprint density at radius 2 is 1.84 bits per heavy atom. The van der Waals surface area contributed by atoms with Crippen molar-refractivity contribution in [1.29, 1.82) is 0 Å². The molecule has 0 aromatic heterocycles. The molecule has 0 radical (unpaired) electrons. The molecule has 6 nitrogen and oxygen atoms in total. The van der Waals surface area contributed by atoms with Crippen LogP contribution in [0, 0.1) is 12.8 Å². The molecule has 1 amide bonds. The fourth-order valence-electron chi connectivity index (χ4n) is 3.55. The zero-order chi connectivity index (χ0) is 17.9. The normalized spacial score (nSPS) is 23.2. The highest BCUT2D eigenvalue weighted by Crippen LogP contribution is 2.25. The van der Waals surface area contributed by atoms with Crippen LogP contribution in [0.4, 0.5) is 0 Å². The molecule has 0 bridgehead atoms. The van der Waals surface area contributed by atoms with Crippen LogP contribution in [0.3, 0.4) is 0 Å². The third-order valence-corrected chi connectivity index (χ3v) is 6.92. The first-order valence-electron chi connectivity index (χ1n) is 9.05. The van der Waals surface area contributed by atoms with Crippen LogP contribution in [0.1, 0.15) is 24.8 Å². The Bertz CT molecular complexity index is 695. The van der Waals surface area contributed by atoms with E-state index >= 15 is 0 Å². The number of carbonyl (C=O) groups is 1. The second kappa shape index (κ2) is 7.85. The lowest BCUT2D eigenvalue weighted by molar-refractivity contribution is -0.136. The predicted octanol–water partition coefficient (Wildman–Crippen LogP) is 1.22. The number of nitrogens with zero attached hydrogens (tertiary/aromatic N) is 2. The molecule has 3 rings (SSSR count). The predicted molar refractivity (Wildman–Crippen MR) is 96.7 cm³/mol. The lowest BCUT2D eigenvalue weighted by Gasteiger charge is -2.34. The van der Waals surface area contributed by atoms with E-state index in [1.54, 1.807) is 12.1 Å². The standard InChI is InChI=1S/C18H27N3O3S/c1-15-5-7-17(8-6-15)25(23,24)21-12-2-4-16(14-21)18(22)20-11-3-9-19-10-13-20/h5-8,16,19H,2-4,9-14H2,1H3. The average molecular weight is 365 g/mol. The molecule has 2 fully saturated rings. The van der Waals surface area contributed by atoms with Gasteiger partial charge in [0.1, 0.15) is 0 Å². The number of rotatable bonds is 3. The molecule has 138 valence electrons. The Morgan fingerprint density at radius 3 is 2.60 bits per heavy atom. The molecular weight excluding hydrogens is 338 g/mol. The van der Waals surface area contributed by atoms with Crippen LogP contribution >= 0.6 is 0 Å². The van der Waals surface area contributed by atoms with Gasteiger partial charge in [-0.3, -0.25) is 4.79 Å². The quantitative estimate of drug-likeness (QED) is 0.874. The molecule has 2 aliphatic rings. The maximum absolute atomic E-state index is 12.9. The van der Waals surface area contributed by atoms with Gasteiger partial charge >= 0.3 is 0 Å². The van der Waals surface area contributed by atoms with Gasteiger partial charge in [0.2, 0.25) is 15.9 Å². The lowest BCUT2D eigenvalue weighted by atomic mass is 9.98. The van der Waals surface area contributed by atoms with Crippen LogP contribution < -0.4 is 5.32 Å². The van der Waals surface area contributed by atoms with Crippen molar-refractivity contribution in [3.05, 3.63) is 29.8 Å². The Kier molecular flexibility index (Phi) is 5.76. The molecule has 0 saturated carbocycles. The smallest absolute Gasteiger partial charge is 0.243 e. The van der Waals surface area contributed by atoms with Gasteiger partial charge in [0.15, 0.2) is 0 Å². The molecule has 1 aromatic carbocycles. The first kappa shape index (κ1) is 18.4. The number of hydrogen-bond donors (Lipinski definition) is 1. The summed E-state index contributed by atoms with van der Waals surface area (Å²) in [6.45, 7) is 5.92. The Labute approximate surface area is 150 Å². The average Bonchev–Trinajstić information content (AvgIpc) is 2.91. The van der Waals surface area contributed by atoms with Crippen molar-refractivity contribution in [2.75, 3.05) is 39.3 Å². The summed E-state index contributed by atoms with van der Waals surface area (Å²) in [7, 11) is -3.53. The highest BCUT2D eigenvalue weighted by atomic mass is 32.2. The SMILES string of the molecule is Cc1ccc(S(=O)(=O)N2CCCC(C(=O)N3CCCNCC3)C2)cc1. The minimum atomic E-state index is -3.53. The van der Waals surface area contributed by atoms with Crippen LogP contribution in [0.5, 0.6) is 0 Å². The van der Waals surface area contributed by atoms with Crippen molar-refractivity contribution in [3.8, 4) is 0 Å². The van der Waals surface area contributed by atoms with Crippen LogP contribution in [0.25, 0.3) is 0 Å². The van der Waals surface area contributed by atoms with Gasteiger partial charge in [-0.1, -0.05) is 17.7 Å². The fourth-order valence-corrected chi connectivity index (χ4v) is 5.07. The van der Waals surface area contributed by atoms with E-state index < -0.39 is 10.0 Å². The molecule has 0 spiro atoms. The van der Waals surface area contributed by atoms with Gasteiger partial charge in [0.25, 0.3) is 0 Å². The Morgan fingerprint density at radius 1 is 1.08 bits per heavy atom. The summed E-state index contributed by atoms with van der Waals surface area (Å²) >= 11 is 0. The maximum atomic E-state index is 12.9. The molecule has 1 N–H and O–H groups in total. The first-order valence-corrected chi connectivity index (χ1v) is 10.5. The van der Waals surface area contributed by atoms with Gasteiger partial charge in [-0.25, -0.2) is 8.42 Å². The van der Waals surface area contributed by atoms with Crippen molar-refractivity contribution in [2.24, 2.45) is 5.92 Å². The van der Waals surface area contributed by atoms with Crippen molar-refractivity contribution in [2.45, 2.75) is 31.1 Å². The molecule has 7 heteroatoms. The number of aryl methyl sites for hydroxylation is 1. The van der Waals surface area contributed by atoms with Gasteiger partial charge < -0.3 is 10.2 Å². The minimum Gasteiger partial charge on any atom is -0.341 e. The number of hydrogen-bond acceptors (Lipinski definition) is 4. The van der Waals surface area contributed by atoms with Crippen molar-refractivity contribution >= 4 is 15.9 Å². The van der Waals surface area contributed by atoms with Gasteiger partial charge in [0, 0.05) is 32.7 Å². The number of sulfonamides is 1. The summed E-state index contributed by atoms with van der Waals surface area (Å²) < 4.78 is 27.3. The second-order valence-corrected chi connectivity index (χ2v) is 8.88. The summed E-state index contributed by atoms with van der Waals surface area (Å²) in [4.78, 5) is 15.0. The maximum Gasteiger partial charge on any atom is 0.243 e. The van der Waals surface area contributed by atoms with E-state index in [0.717, 1.165) is 44.5 Å². The van der Waals surface area contributed by atoms with Gasteiger partial charge in [-0.05, 0) is 44.9 Å².